The van der Waals surface area contributed by atoms with Crippen LogP contribution in [0.3, 0.4) is 0 Å². The lowest BCUT2D eigenvalue weighted by atomic mass is 10.1. The molecule has 0 bridgehead atoms. The van der Waals surface area contributed by atoms with Gasteiger partial charge in [-0.2, -0.15) is 9.97 Å². The molecule has 4 rings (SSSR count). The molecule has 1 atom stereocenters. The van der Waals surface area contributed by atoms with E-state index in [1.165, 1.54) is 12.1 Å². The average Bonchev–Trinajstić information content (AvgIpc) is 3.20. The van der Waals surface area contributed by atoms with Crippen LogP contribution in [0.2, 0.25) is 0 Å². The lowest BCUT2D eigenvalue weighted by Gasteiger charge is -2.13. The minimum absolute atomic E-state index is 0.0725. The minimum atomic E-state index is -1.06. The molecule has 0 spiro atoms. The molecule has 0 fully saturated rings. The van der Waals surface area contributed by atoms with Crippen molar-refractivity contribution in [2.75, 3.05) is 18.5 Å². The zero-order valence-electron chi connectivity index (χ0n) is 15.0. The number of nitrogens with one attached hydrogen (secondary N) is 1. The number of hydrogen-bond donors (Lipinski definition) is 3. The van der Waals surface area contributed by atoms with E-state index in [4.69, 9.17) is 9.84 Å². The molecule has 10 heteroatoms. The summed E-state index contributed by atoms with van der Waals surface area (Å²) in [6.07, 6.45) is -1.06. The first kappa shape index (κ1) is 18.7. The maximum Gasteiger partial charge on any atom is 0.260 e. The Balaban J connectivity index is 1.58. The van der Waals surface area contributed by atoms with Gasteiger partial charge in [-0.3, -0.25) is 0 Å². The van der Waals surface area contributed by atoms with Gasteiger partial charge in [-0.05, 0) is 45.7 Å². The smallest absolute Gasteiger partial charge is 0.260 e. The van der Waals surface area contributed by atoms with Crippen LogP contribution in [0, 0.1) is 5.82 Å². The van der Waals surface area contributed by atoms with Crippen LogP contribution < -0.4 is 10.1 Å². The minimum Gasteiger partial charge on any atom is -0.472 e. The van der Waals surface area contributed by atoms with E-state index in [1.807, 2.05) is 24.3 Å². The van der Waals surface area contributed by atoms with E-state index >= 15 is 0 Å². The summed E-state index contributed by atoms with van der Waals surface area (Å²) in [5.74, 6) is 0.0263. The summed E-state index contributed by atoms with van der Waals surface area (Å²) < 4.78 is 23.2. The zero-order valence-corrected chi connectivity index (χ0v) is 15.0. The molecule has 0 aliphatic carbocycles. The largest absolute Gasteiger partial charge is 0.472 e. The Bertz CT molecular complexity index is 1100. The normalized spacial score (nSPS) is 12.1. The van der Waals surface area contributed by atoms with Gasteiger partial charge in [-0.25, -0.2) is 9.02 Å². The van der Waals surface area contributed by atoms with Gasteiger partial charge in [0.1, 0.15) is 18.5 Å². The summed E-state index contributed by atoms with van der Waals surface area (Å²) >= 11 is 0. The van der Waals surface area contributed by atoms with Gasteiger partial charge in [0.05, 0.1) is 6.61 Å². The van der Waals surface area contributed by atoms with E-state index in [0.29, 0.717) is 5.69 Å². The van der Waals surface area contributed by atoms with Crippen molar-refractivity contribution in [2.45, 2.75) is 6.10 Å². The third-order valence-corrected chi connectivity index (χ3v) is 4.03. The Kier molecular flexibility index (Phi) is 5.27. The number of ether oxygens (including phenoxy) is 1. The highest BCUT2D eigenvalue weighted by atomic mass is 19.1. The maximum absolute atomic E-state index is 13.1. The number of rotatable bonds is 7. The van der Waals surface area contributed by atoms with Gasteiger partial charge in [0.2, 0.25) is 11.3 Å². The molecule has 148 valence electrons. The second-order valence-corrected chi connectivity index (χ2v) is 6.15. The number of halogens is 1. The van der Waals surface area contributed by atoms with E-state index < -0.39 is 12.7 Å². The van der Waals surface area contributed by atoms with E-state index in [9.17, 15) is 9.50 Å². The number of nitrogens with zero attached hydrogens (tertiary/aromatic N) is 4. The highest BCUT2D eigenvalue weighted by Gasteiger charge is 2.16. The molecule has 0 amide bonds. The first-order chi connectivity index (χ1) is 14.1. The van der Waals surface area contributed by atoms with Gasteiger partial charge in [0, 0.05) is 5.69 Å². The lowest BCUT2D eigenvalue weighted by molar-refractivity contribution is 0.0524. The monoisotopic (exact) mass is 397 g/mol. The first-order valence-corrected chi connectivity index (χ1v) is 8.67. The molecule has 0 saturated heterocycles. The van der Waals surface area contributed by atoms with Gasteiger partial charge in [-0.15, -0.1) is 0 Å². The summed E-state index contributed by atoms with van der Waals surface area (Å²) in [4.78, 5) is 8.44. The molecule has 3 N–H and O–H groups in total. The van der Waals surface area contributed by atoms with Crippen LogP contribution in [0.5, 0.6) is 5.88 Å². The molecule has 0 aliphatic heterocycles. The van der Waals surface area contributed by atoms with Crippen LogP contribution in [0.1, 0.15) is 0 Å². The highest BCUT2D eigenvalue weighted by molar-refractivity contribution is 5.72. The molecule has 2 aromatic heterocycles. The van der Waals surface area contributed by atoms with Gasteiger partial charge >= 0.3 is 0 Å². The van der Waals surface area contributed by atoms with Crippen molar-refractivity contribution < 1.29 is 24.0 Å². The second kappa shape index (κ2) is 8.17. The Morgan fingerprint density at radius 2 is 1.59 bits per heavy atom. The third kappa shape index (κ3) is 4.28. The van der Waals surface area contributed by atoms with Crippen molar-refractivity contribution in [1.82, 2.24) is 20.3 Å². The summed E-state index contributed by atoms with van der Waals surface area (Å²) in [6.45, 7) is -0.630. The summed E-state index contributed by atoms with van der Waals surface area (Å²) in [7, 11) is 0. The molecular formula is C19H16FN5O4. The molecule has 0 radical (unpaired) electrons. The number of fused-ring (bicyclic) bond motifs is 1. The second-order valence-electron chi connectivity index (χ2n) is 6.15. The SMILES string of the molecule is OCC(O)COc1nc2nonc2nc1Nc1ccc(-c2ccc(F)cc2)cc1. The van der Waals surface area contributed by atoms with Crippen molar-refractivity contribution in [2.24, 2.45) is 0 Å². The number of aromatic nitrogens is 4. The lowest BCUT2D eigenvalue weighted by Crippen LogP contribution is -2.22. The fourth-order valence-corrected chi connectivity index (χ4v) is 2.56. The van der Waals surface area contributed by atoms with Crippen LogP contribution in [0.15, 0.2) is 53.2 Å². The number of hydrogen-bond acceptors (Lipinski definition) is 9. The molecule has 0 aliphatic rings. The van der Waals surface area contributed by atoms with Crippen LogP contribution in [-0.2, 0) is 0 Å². The number of anilines is 2. The Morgan fingerprint density at radius 1 is 0.966 bits per heavy atom. The fraction of sp³-hybridized carbons (Fsp3) is 0.158. The molecule has 2 heterocycles. The quantitative estimate of drug-likeness (QED) is 0.430. The Morgan fingerprint density at radius 3 is 2.24 bits per heavy atom. The fourth-order valence-electron chi connectivity index (χ4n) is 2.56. The summed E-state index contributed by atoms with van der Waals surface area (Å²) in [5.41, 5.74) is 2.82. The molecule has 1 unspecified atom stereocenters. The molecule has 9 nitrogen and oxygen atoms in total. The van der Waals surface area contributed by atoms with Crippen LogP contribution in [-0.4, -0.2) is 49.8 Å². The summed E-state index contributed by atoms with van der Waals surface area (Å²) in [6, 6.07) is 13.6. The van der Waals surface area contributed by atoms with E-state index in [0.717, 1.165) is 11.1 Å². The van der Waals surface area contributed by atoms with Crippen LogP contribution >= 0.6 is 0 Å². The highest BCUT2D eigenvalue weighted by Crippen LogP contribution is 2.27. The molecule has 29 heavy (non-hydrogen) atoms. The number of aliphatic hydroxyl groups excluding tert-OH is 2. The van der Waals surface area contributed by atoms with Crippen molar-refractivity contribution in [1.29, 1.82) is 0 Å². The molecule has 4 aromatic rings. The topological polar surface area (TPSA) is 126 Å². The molecule has 2 aromatic carbocycles. The van der Waals surface area contributed by atoms with Crippen LogP contribution in [0.25, 0.3) is 22.4 Å². The standard InChI is InChI=1S/C19H16FN5O4/c20-13-5-1-11(2-6-13)12-3-7-14(8-4-12)21-18-19(28-10-15(27)9-26)23-17-16(22-18)24-29-25-17/h1-8,15,26-27H,9-10H2,(H,21,22,24). The van der Waals surface area contributed by atoms with Crippen molar-refractivity contribution in [3.05, 3.63) is 54.3 Å². The predicted octanol–water partition coefficient (Wildman–Crippen LogP) is 2.29. The first-order valence-electron chi connectivity index (χ1n) is 8.67. The van der Waals surface area contributed by atoms with Gasteiger partial charge in [0.25, 0.3) is 5.88 Å². The molecule has 0 saturated carbocycles. The van der Waals surface area contributed by atoms with Crippen LogP contribution in [0.4, 0.5) is 15.9 Å². The third-order valence-electron chi connectivity index (χ3n) is 4.03. The van der Waals surface area contributed by atoms with E-state index in [-0.39, 0.29) is 35.4 Å². The predicted molar refractivity (Wildman–Crippen MR) is 101 cm³/mol. The van der Waals surface area contributed by atoms with E-state index in [2.05, 4.69) is 30.2 Å². The van der Waals surface area contributed by atoms with Gasteiger partial charge < -0.3 is 20.3 Å². The van der Waals surface area contributed by atoms with Gasteiger partial charge in [0.15, 0.2) is 5.82 Å². The number of benzene rings is 2. The van der Waals surface area contributed by atoms with Crippen molar-refractivity contribution in [3.8, 4) is 17.0 Å². The Labute approximate surface area is 163 Å². The zero-order chi connectivity index (χ0) is 20.2. The maximum atomic E-state index is 13.1. The van der Waals surface area contributed by atoms with Crippen molar-refractivity contribution in [3.63, 3.8) is 0 Å². The summed E-state index contributed by atoms with van der Waals surface area (Å²) in [5, 5.41) is 28.8. The molecular weight excluding hydrogens is 381 g/mol. The van der Waals surface area contributed by atoms with Crippen molar-refractivity contribution >= 4 is 22.8 Å². The Hall–Kier alpha value is -3.63. The van der Waals surface area contributed by atoms with Gasteiger partial charge in [-0.1, -0.05) is 24.3 Å². The average molecular weight is 397 g/mol. The van der Waals surface area contributed by atoms with E-state index in [1.54, 1.807) is 12.1 Å². The number of aliphatic hydroxyl groups is 2.